The summed E-state index contributed by atoms with van der Waals surface area (Å²) in [5.41, 5.74) is 1.72. The number of halogens is 3. The molecule has 0 aliphatic heterocycles. The Hall–Kier alpha value is -1.20. The first kappa shape index (κ1) is 11.9. The van der Waals surface area contributed by atoms with E-state index < -0.39 is 12.4 Å². The Morgan fingerprint density at radius 2 is 1.87 bits per heavy atom. The second-order valence-corrected chi connectivity index (χ2v) is 3.69. The molecule has 0 unspecified atom stereocenters. The lowest BCUT2D eigenvalue weighted by Crippen LogP contribution is -2.23. The van der Waals surface area contributed by atoms with Crippen LogP contribution in [0.15, 0.2) is 12.1 Å². The second kappa shape index (κ2) is 3.75. The predicted molar refractivity (Wildman–Crippen MR) is 54.7 cm³/mol. The van der Waals surface area contributed by atoms with Crippen LogP contribution in [0.2, 0.25) is 0 Å². The number of hydrogen-bond donors (Lipinski definition) is 0. The van der Waals surface area contributed by atoms with Crippen molar-refractivity contribution >= 4 is 6.98 Å². The first-order valence-electron chi connectivity index (χ1n) is 4.61. The summed E-state index contributed by atoms with van der Waals surface area (Å²) in [5, 5.41) is 4.03. The molecule has 0 saturated carbocycles. The molecule has 0 amide bonds. The first-order valence-corrected chi connectivity index (χ1v) is 4.61. The van der Waals surface area contributed by atoms with Crippen LogP contribution in [0.1, 0.15) is 17.0 Å². The van der Waals surface area contributed by atoms with Gasteiger partial charge in [0.1, 0.15) is 0 Å². The van der Waals surface area contributed by atoms with E-state index in [1.165, 1.54) is 4.68 Å². The predicted octanol–water partition coefficient (Wildman–Crippen LogP) is 2.75. The molecule has 1 heterocycles. The molecular formula is C9H13BF3N2-. The van der Waals surface area contributed by atoms with Crippen LogP contribution in [-0.2, 0) is 6.54 Å². The van der Waals surface area contributed by atoms with Gasteiger partial charge < -0.3 is 12.9 Å². The Kier molecular flexibility index (Phi) is 2.97. The highest BCUT2D eigenvalue weighted by Crippen LogP contribution is 2.21. The first-order chi connectivity index (χ1) is 6.73. The summed E-state index contributed by atoms with van der Waals surface area (Å²) in [6.45, 7) is 3.18. The van der Waals surface area contributed by atoms with Gasteiger partial charge in [0.05, 0.1) is 5.69 Å². The highest BCUT2D eigenvalue weighted by atomic mass is 19.4. The van der Waals surface area contributed by atoms with Crippen molar-refractivity contribution in [2.45, 2.75) is 27.3 Å². The molecule has 0 radical (unpaired) electrons. The van der Waals surface area contributed by atoms with Gasteiger partial charge >= 0.3 is 6.98 Å². The minimum absolute atomic E-state index is 0.274. The van der Waals surface area contributed by atoms with Crippen molar-refractivity contribution in [3.05, 3.63) is 29.0 Å². The third-order valence-corrected chi connectivity index (χ3v) is 2.56. The van der Waals surface area contributed by atoms with Gasteiger partial charge in [-0.2, -0.15) is 5.10 Å². The molecule has 1 aromatic rings. The molecule has 0 atom stereocenters. The van der Waals surface area contributed by atoms with Crippen molar-refractivity contribution in [3.63, 3.8) is 0 Å². The molecule has 1 aromatic heterocycles. The van der Waals surface area contributed by atoms with Crippen molar-refractivity contribution in [2.24, 2.45) is 0 Å². The van der Waals surface area contributed by atoms with Crippen LogP contribution in [0.5, 0.6) is 0 Å². The minimum Gasteiger partial charge on any atom is -0.445 e. The molecule has 15 heavy (non-hydrogen) atoms. The van der Waals surface area contributed by atoms with Gasteiger partial charge in [-0.1, -0.05) is 0 Å². The van der Waals surface area contributed by atoms with Crippen molar-refractivity contribution in [1.82, 2.24) is 9.78 Å². The third kappa shape index (κ3) is 2.43. The molecule has 84 valence electrons. The fourth-order valence-electron chi connectivity index (χ4n) is 1.24. The molecule has 0 spiro atoms. The van der Waals surface area contributed by atoms with E-state index in [-0.39, 0.29) is 6.54 Å². The average molecular weight is 217 g/mol. The number of allylic oxidation sites excluding steroid dienone is 1. The van der Waals surface area contributed by atoms with E-state index >= 15 is 0 Å². The smallest absolute Gasteiger partial charge is 0.445 e. The summed E-state index contributed by atoms with van der Waals surface area (Å²) in [7, 11) is 0. The number of aryl methyl sites for hydroxylation is 1. The zero-order valence-corrected chi connectivity index (χ0v) is 9.02. The van der Waals surface area contributed by atoms with E-state index in [0.717, 1.165) is 17.0 Å². The zero-order valence-electron chi connectivity index (χ0n) is 9.02. The van der Waals surface area contributed by atoms with E-state index in [0.29, 0.717) is 0 Å². The molecule has 0 bridgehead atoms. The fourth-order valence-corrected chi connectivity index (χ4v) is 1.24. The van der Waals surface area contributed by atoms with Crippen LogP contribution in [-0.4, -0.2) is 16.8 Å². The minimum atomic E-state index is -4.97. The summed E-state index contributed by atoms with van der Waals surface area (Å²) in [5.74, 6) is 0. The summed E-state index contributed by atoms with van der Waals surface area (Å²) in [6, 6.07) is 0. The maximum absolute atomic E-state index is 12.3. The summed E-state index contributed by atoms with van der Waals surface area (Å²) < 4.78 is 38.2. The van der Waals surface area contributed by atoms with Crippen LogP contribution in [0.3, 0.4) is 0 Å². The lowest BCUT2D eigenvalue weighted by molar-refractivity contribution is 0.478. The van der Waals surface area contributed by atoms with Crippen molar-refractivity contribution in [1.29, 1.82) is 0 Å². The van der Waals surface area contributed by atoms with Gasteiger partial charge in [-0.3, -0.25) is 4.68 Å². The van der Waals surface area contributed by atoms with Gasteiger partial charge in [0, 0.05) is 12.2 Å². The van der Waals surface area contributed by atoms with Gasteiger partial charge in [0.25, 0.3) is 0 Å². The number of rotatable bonds is 3. The second-order valence-electron chi connectivity index (χ2n) is 3.69. The standard InChI is InChI=1S/C9H13BF3N2/c1-6(10(11,12)13)5-15-9(4)7(2)8(3)14-15/h1,5H2,2-4H3/q-1. The normalized spacial score (nSPS) is 11.9. The van der Waals surface area contributed by atoms with E-state index in [1.54, 1.807) is 13.8 Å². The fraction of sp³-hybridized carbons (Fsp3) is 0.444. The highest BCUT2D eigenvalue weighted by Gasteiger charge is 2.27. The SMILES string of the molecule is C=C(Cn1nc(C)c(C)c1C)[B-](F)(F)F. The summed E-state index contributed by atoms with van der Waals surface area (Å²) >= 11 is 0. The Morgan fingerprint density at radius 1 is 1.33 bits per heavy atom. The molecule has 0 aliphatic carbocycles. The van der Waals surface area contributed by atoms with E-state index in [9.17, 15) is 12.9 Å². The van der Waals surface area contributed by atoms with Crippen LogP contribution in [0.25, 0.3) is 0 Å². The Bertz CT molecular complexity index is 393. The maximum Gasteiger partial charge on any atom is 0.506 e. The van der Waals surface area contributed by atoms with Gasteiger partial charge in [0.15, 0.2) is 0 Å². The van der Waals surface area contributed by atoms with Crippen molar-refractivity contribution in [3.8, 4) is 0 Å². The van der Waals surface area contributed by atoms with E-state index in [1.807, 2.05) is 6.92 Å². The highest BCUT2D eigenvalue weighted by molar-refractivity contribution is 6.66. The average Bonchev–Trinajstić information content (AvgIpc) is 2.32. The topological polar surface area (TPSA) is 17.8 Å². The van der Waals surface area contributed by atoms with Gasteiger partial charge in [-0.05, 0) is 26.3 Å². The van der Waals surface area contributed by atoms with Gasteiger partial charge in [0.2, 0.25) is 0 Å². The number of hydrogen-bond acceptors (Lipinski definition) is 1. The van der Waals surface area contributed by atoms with Crippen LogP contribution in [0, 0.1) is 20.8 Å². The van der Waals surface area contributed by atoms with Crippen LogP contribution in [0.4, 0.5) is 12.9 Å². The monoisotopic (exact) mass is 217 g/mol. The van der Waals surface area contributed by atoms with Gasteiger partial charge in [-0.15, -0.1) is 12.1 Å². The zero-order chi connectivity index (χ0) is 11.8. The van der Waals surface area contributed by atoms with E-state index in [4.69, 9.17) is 0 Å². The molecule has 6 heteroatoms. The molecule has 0 saturated heterocycles. The Labute approximate surface area is 86.8 Å². The van der Waals surface area contributed by atoms with Crippen molar-refractivity contribution in [2.75, 3.05) is 0 Å². The number of nitrogens with zero attached hydrogens (tertiary/aromatic N) is 2. The lowest BCUT2D eigenvalue weighted by atomic mass is 9.80. The van der Waals surface area contributed by atoms with E-state index in [2.05, 4.69) is 11.7 Å². The molecular weight excluding hydrogens is 204 g/mol. The molecule has 0 N–H and O–H groups in total. The Morgan fingerprint density at radius 3 is 2.20 bits per heavy atom. The summed E-state index contributed by atoms with van der Waals surface area (Å²) in [4.78, 5) is 0. The quantitative estimate of drug-likeness (QED) is 0.711. The summed E-state index contributed by atoms with van der Waals surface area (Å²) in [6.07, 6.45) is 0. The largest absolute Gasteiger partial charge is 0.506 e. The third-order valence-electron chi connectivity index (χ3n) is 2.56. The van der Waals surface area contributed by atoms with Gasteiger partial charge in [-0.25, -0.2) is 0 Å². The van der Waals surface area contributed by atoms with Crippen molar-refractivity contribution < 1.29 is 12.9 Å². The molecule has 0 aliphatic rings. The number of aromatic nitrogens is 2. The Balaban J connectivity index is 2.91. The van der Waals surface area contributed by atoms with Crippen LogP contribution < -0.4 is 0 Å². The molecule has 2 nitrogen and oxygen atoms in total. The molecule has 0 aromatic carbocycles. The maximum atomic E-state index is 12.3. The van der Waals surface area contributed by atoms with Crippen LogP contribution >= 0.6 is 0 Å². The molecule has 1 rings (SSSR count). The molecule has 0 fully saturated rings. The lowest BCUT2D eigenvalue weighted by Gasteiger charge is -2.18.